The number of hydrogen-bond donors (Lipinski definition) is 1. The zero-order chi connectivity index (χ0) is 24.9. The second-order valence-electron chi connectivity index (χ2n) is 10.0. The molecule has 1 saturated heterocycles. The summed E-state index contributed by atoms with van der Waals surface area (Å²) in [5.41, 5.74) is 2.10. The Balaban J connectivity index is 1.45. The molecule has 1 atom stereocenters. The molecule has 1 fully saturated rings. The first kappa shape index (κ1) is 25.7. The number of benzene rings is 1. The van der Waals surface area contributed by atoms with Crippen molar-refractivity contribution in [3.63, 3.8) is 0 Å². The van der Waals surface area contributed by atoms with Gasteiger partial charge in [0.05, 0.1) is 13.2 Å². The van der Waals surface area contributed by atoms with Gasteiger partial charge in [0.1, 0.15) is 11.7 Å². The van der Waals surface area contributed by atoms with Crippen LogP contribution in [0.1, 0.15) is 56.1 Å². The van der Waals surface area contributed by atoms with Crippen molar-refractivity contribution >= 4 is 24.2 Å². The minimum absolute atomic E-state index is 0.0619. The van der Waals surface area contributed by atoms with Crippen molar-refractivity contribution in [3.05, 3.63) is 34.9 Å². The van der Waals surface area contributed by atoms with Crippen LogP contribution in [0.3, 0.4) is 0 Å². The fourth-order valence-corrected chi connectivity index (χ4v) is 3.72. The third-order valence-electron chi connectivity index (χ3n) is 5.40. The molecule has 0 saturated carbocycles. The van der Waals surface area contributed by atoms with Crippen molar-refractivity contribution in [2.75, 3.05) is 32.7 Å². The number of carbonyl (C=O) groups is 2. The number of nitrogens with zero attached hydrogens (tertiary/aromatic N) is 4. The molecule has 1 N–H and O–H groups in total. The van der Waals surface area contributed by atoms with Crippen molar-refractivity contribution in [2.45, 2.75) is 65.9 Å². The van der Waals surface area contributed by atoms with Crippen LogP contribution >= 0.6 is 0 Å². The zero-order valence-corrected chi connectivity index (χ0v) is 21.1. The average molecular weight is 472 g/mol. The van der Waals surface area contributed by atoms with Gasteiger partial charge in [0.15, 0.2) is 0 Å². The first-order chi connectivity index (χ1) is 16.0. The first-order valence-electron chi connectivity index (χ1n) is 11.9. The van der Waals surface area contributed by atoms with Crippen LogP contribution < -0.4 is 5.32 Å². The third-order valence-corrected chi connectivity index (χ3v) is 5.40. The van der Waals surface area contributed by atoms with E-state index in [1.807, 2.05) is 59.7 Å². The van der Waals surface area contributed by atoms with Crippen LogP contribution in [0.2, 0.25) is 0 Å². The Hall–Kier alpha value is -2.94. The van der Waals surface area contributed by atoms with Gasteiger partial charge < -0.3 is 24.6 Å². The van der Waals surface area contributed by atoms with Gasteiger partial charge >= 0.3 is 6.09 Å². The second kappa shape index (κ2) is 11.0. The average Bonchev–Trinajstić information content (AvgIpc) is 2.76. The summed E-state index contributed by atoms with van der Waals surface area (Å²) in [6, 6.07) is 5.84. The van der Waals surface area contributed by atoms with E-state index in [9.17, 15) is 9.59 Å². The molecule has 0 bridgehead atoms. The van der Waals surface area contributed by atoms with Gasteiger partial charge in [0.2, 0.25) is 5.96 Å². The molecule has 0 aliphatic carbocycles. The fourth-order valence-electron chi connectivity index (χ4n) is 3.72. The Labute approximate surface area is 202 Å². The van der Waals surface area contributed by atoms with Crippen LogP contribution in [-0.2, 0) is 16.1 Å². The van der Waals surface area contributed by atoms with Crippen LogP contribution in [0, 0.1) is 6.92 Å². The summed E-state index contributed by atoms with van der Waals surface area (Å²) in [6.07, 6.45) is 1.31. The SMILES string of the molecule is Cc1cc(COC2C=NC(N3CCN(C(=O)OC(C)(C)C)CC3)=NC2)ccc1C(=O)NC(C)C. The molecule has 2 amide bonds. The topological polar surface area (TPSA) is 95.8 Å². The summed E-state index contributed by atoms with van der Waals surface area (Å²) in [5.74, 6) is 0.619. The molecule has 9 nitrogen and oxygen atoms in total. The number of aryl methyl sites for hydroxylation is 1. The number of nitrogens with one attached hydrogen (secondary N) is 1. The van der Waals surface area contributed by atoms with Crippen LogP contribution in [0.5, 0.6) is 0 Å². The molecule has 1 aromatic carbocycles. The highest BCUT2D eigenvalue weighted by molar-refractivity contribution is 5.95. The van der Waals surface area contributed by atoms with Gasteiger partial charge in [-0.1, -0.05) is 12.1 Å². The monoisotopic (exact) mass is 471 g/mol. The van der Waals surface area contributed by atoms with Crippen molar-refractivity contribution in [2.24, 2.45) is 9.98 Å². The summed E-state index contributed by atoms with van der Waals surface area (Å²) in [6.45, 7) is 14.8. The molecule has 186 valence electrons. The maximum absolute atomic E-state index is 12.3. The van der Waals surface area contributed by atoms with E-state index in [2.05, 4.69) is 20.2 Å². The lowest BCUT2D eigenvalue weighted by molar-refractivity contribution is 0.0186. The smallest absolute Gasteiger partial charge is 0.410 e. The van der Waals surface area contributed by atoms with E-state index in [-0.39, 0.29) is 24.1 Å². The molecule has 34 heavy (non-hydrogen) atoms. The highest BCUT2D eigenvalue weighted by atomic mass is 16.6. The Morgan fingerprint density at radius 1 is 1.18 bits per heavy atom. The Morgan fingerprint density at radius 3 is 2.44 bits per heavy atom. The Morgan fingerprint density at radius 2 is 1.88 bits per heavy atom. The normalized spacial score (nSPS) is 18.7. The van der Waals surface area contributed by atoms with Gasteiger partial charge in [-0.05, 0) is 58.7 Å². The number of ether oxygens (including phenoxy) is 2. The van der Waals surface area contributed by atoms with E-state index in [4.69, 9.17) is 9.47 Å². The third kappa shape index (κ3) is 7.28. The van der Waals surface area contributed by atoms with E-state index in [0.717, 1.165) is 11.1 Å². The van der Waals surface area contributed by atoms with E-state index in [1.165, 1.54) is 0 Å². The molecule has 0 radical (unpaired) electrons. The van der Waals surface area contributed by atoms with Gasteiger partial charge in [0.25, 0.3) is 5.91 Å². The van der Waals surface area contributed by atoms with Gasteiger partial charge in [-0.15, -0.1) is 0 Å². The summed E-state index contributed by atoms with van der Waals surface area (Å²) < 4.78 is 11.4. The van der Waals surface area contributed by atoms with Crippen molar-refractivity contribution in [1.82, 2.24) is 15.1 Å². The number of guanidine groups is 1. The van der Waals surface area contributed by atoms with E-state index < -0.39 is 5.60 Å². The lowest BCUT2D eigenvalue weighted by Crippen LogP contribution is -2.51. The fraction of sp³-hybridized carbons (Fsp3) is 0.600. The van der Waals surface area contributed by atoms with Crippen LogP contribution in [0.25, 0.3) is 0 Å². The van der Waals surface area contributed by atoms with E-state index >= 15 is 0 Å². The summed E-state index contributed by atoms with van der Waals surface area (Å²) in [4.78, 5) is 37.4. The quantitative estimate of drug-likeness (QED) is 0.712. The molecule has 1 unspecified atom stereocenters. The van der Waals surface area contributed by atoms with Crippen LogP contribution in [0.4, 0.5) is 4.79 Å². The highest BCUT2D eigenvalue weighted by Crippen LogP contribution is 2.15. The minimum Gasteiger partial charge on any atom is -0.444 e. The lowest BCUT2D eigenvalue weighted by atomic mass is 10.0. The number of aliphatic imine (C=N–C) groups is 2. The van der Waals surface area contributed by atoms with Crippen molar-refractivity contribution in [3.8, 4) is 0 Å². The number of amides is 2. The minimum atomic E-state index is -0.496. The standard InChI is InChI=1S/C25H37N5O4/c1-17(2)28-22(31)21-8-7-19(13-18(21)3)16-33-20-14-26-23(27-15-20)29-9-11-30(12-10-29)24(32)34-25(4,5)6/h7-8,13-14,17,20H,9-12,15-16H2,1-6H3,(H,28,31). The molecule has 9 heteroatoms. The van der Waals surface area contributed by atoms with Gasteiger partial charge in [-0.25, -0.2) is 14.8 Å². The van der Waals surface area contributed by atoms with E-state index in [0.29, 0.717) is 50.9 Å². The summed E-state index contributed by atoms with van der Waals surface area (Å²) >= 11 is 0. The summed E-state index contributed by atoms with van der Waals surface area (Å²) in [5, 5.41) is 2.92. The van der Waals surface area contributed by atoms with E-state index in [1.54, 1.807) is 11.1 Å². The van der Waals surface area contributed by atoms with Crippen LogP contribution in [-0.4, -0.2) is 84.4 Å². The number of rotatable bonds is 5. The largest absolute Gasteiger partial charge is 0.444 e. The predicted molar refractivity (Wildman–Crippen MR) is 133 cm³/mol. The molecule has 1 aromatic rings. The Kier molecular flexibility index (Phi) is 8.30. The van der Waals surface area contributed by atoms with Crippen molar-refractivity contribution < 1.29 is 19.1 Å². The zero-order valence-electron chi connectivity index (χ0n) is 21.1. The Bertz CT molecular complexity index is 943. The highest BCUT2D eigenvalue weighted by Gasteiger charge is 2.27. The molecular weight excluding hydrogens is 434 g/mol. The molecule has 2 aliphatic heterocycles. The maximum atomic E-state index is 12.3. The molecular formula is C25H37N5O4. The number of carbonyl (C=O) groups excluding carboxylic acids is 2. The molecule has 2 aliphatic rings. The van der Waals surface area contributed by atoms with Crippen molar-refractivity contribution in [1.29, 1.82) is 0 Å². The lowest BCUT2D eigenvalue weighted by Gasteiger charge is -2.36. The molecule has 3 rings (SSSR count). The van der Waals surface area contributed by atoms with Gasteiger partial charge in [0, 0.05) is 44.0 Å². The number of piperazine rings is 1. The second-order valence-corrected chi connectivity index (χ2v) is 10.0. The first-order valence-corrected chi connectivity index (χ1v) is 11.9. The molecule has 2 heterocycles. The van der Waals surface area contributed by atoms with Crippen LogP contribution in [0.15, 0.2) is 28.2 Å². The molecule has 0 spiro atoms. The van der Waals surface area contributed by atoms with Gasteiger partial charge in [-0.3, -0.25) is 4.79 Å². The van der Waals surface area contributed by atoms with Gasteiger partial charge in [-0.2, -0.15) is 0 Å². The predicted octanol–water partition coefficient (Wildman–Crippen LogP) is 3.01. The molecule has 0 aromatic heterocycles. The number of hydrogen-bond acceptors (Lipinski definition) is 7. The summed E-state index contributed by atoms with van der Waals surface area (Å²) in [7, 11) is 0. The maximum Gasteiger partial charge on any atom is 0.410 e.